The SMILES string of the molecule is CC(CS(C)(=O)=O)Nc1cnn(CC(F)(F)F)c(=O)c1Cl. The zero-order chi connectivity index (χ0) is 16.4. The summed E-state index contributed by atoms with van der Waals surface area (Å²) in [4.78, 5) is 11.6. The molecule has 1 aromatic rings. The Morgan fingerprint density at radius 3 is 2.52 bits per heavy atom. The summed E-state index contributed by atoms with van der Waals surface area (Å²) in [7, 11) is -3.26. The molecule has 0 saturated heterocycles. The molecule has 120 valence electrons. The van der Waals surface area contributed by atoms with E-state index < -0.39 is 39.2 Å². The Balaban J connectivity index is 2.97. The molecule has 0 aromatic carbocycles. The number of sulfone groups is 1. The van der Waals surface area contributed by atoms with E-state index in [0.29, 0.717) is 0 Å². The lowest BCUT2D eigenvalue weighted by molar-refractivity contribution is -0.143. The number of rotatable bonds is 5. The van der Waals surface area contributed by atoms with E-state index in [2.05, 4.69) is 10.4 Å². The third-order valence-corrected chi connectivity index (χ3v) is 3.74. The Morgan fingerprint density at radius 1 is 1.48 bits per heavy atom. The summed E-state index contributed by atoms with van der Waals surface area (Å²) >= 11 is 5.69. The van der Waals surface area contributed by atoms with Gasteiger partial charge in [-0.2, -0.15) is 18.3 Å². The molecule has 0 fully saturated rings. The van der Waals surface area contributed by atoms with E-state index in [4.69, 9.17) is 11.6 Å². The highest BCUT2D eigenvalue weighted by Gasteiger charge is 2.29. The van der Waals surface area contributed by atoms with Crippen molar-refractivity contribution in [3.63, 3.8) is 0 Å². The van der Waals surface area contributed by atoms with Crippen LogP contribution in [-0.4, -0.2) is 42.4 Å². The van der Waals surface area contributed by atoms with E-state index in [1.807, 2.05) is 0 Å². The van der Waals surface area contributed by atoms with Crippen molar-refractivity contribution in [2.24, 2.45) is 0 Å². The van der Waals surface area contributed by atoms with Crippen molar-refractivity contribution in [3.05, 3.63) is 21.6 Å². The number of alkyl halides is 3. The fourth-order valence-corrected chi connectivity index (χ4v) is 2.80. The predicted molar refractivity (Wildman–Crippen MR) is 72.4 cm³/mol. The maximum absolute atomic E-state index is 12.2. The standard InChI is InChI=1S/C10H13ClF3N3O3S/c1-6(4-21(2,19)20)16-7-3-15-17(5-10(12,13)14)9(18)8(7)11/h3,6,16H,4-5H2,1-2H3. The number of halogens is 4. The van der Waals surface area contributed by atoms with Crippen molar-refractivity contribution < 1.29 is 21.6 Å². The van der Waals surface area contributed by atoms with Gasteiger partial charge in [0, 0.05) is 12.3 Å². The quantitative estimate of drug-likeness (QED) is 0.868. The van der Waals surface area contributed by atoms with Crippen molar-refractivity contribution >= 4 is 27.1 Å². The van der Waals surface area contributed by atoms with E-state index in [0.717, 1.165) is 12.5 Å². The number of hydrogen-bond donors (Lipinski definition) is 1. The van der Waals surface area contributed by atoms with Crippen LogP contribution in [0.25, 0.3) is 0 Å². The van der Waals surface area contributed by atoms with Crippen LogP contribution in [0.1, 0.15) is 6.92 Å². The molecule has 1 heterocycles. The minimum Gasteiger partial charge on any atom is -0.379 e. The molecule has 1 atom stereocenters. The minimum absolute atomic E-state index is 0.0174. The second-order valence-electron chi connectivity index (χ2n) is 4.59. The van der Waals surface area contributed by atoms with Crippen molar-refractivity contribution in [2.45, 2.75) is 25.7 Å². The van der Waals surface area contributed by atoms with E-state index in [-0.39, 0.29) is 16.1 Å². The van der Waals surface area contributed by atoms with Crippen molar-refractivity contribution in [3.8, 4) is 0 Å². The molecule has 0 spiro atoms. The van der Waals surface area contributed by atoms with Gasteiger partial charge in [-0.15, -0.1) is 0 Å². The lowest BCUT2D eigenvalue weighted by Gasteiger charge is -2.16. The Hall–Kier alpha value is -1.29. The smallest absolute Gasteiger partial charge is 0.379 e. The van der Waals surface area contributed by atoms with Crippen LogP contribution in [0.3, 0.4) is 0 Å². The first-order valence-corrected chi connectivity index (χ1v) is 8.09. The zero-order valence-electron chi connectivity index (χ0n) is 11.1. The molecule has 11 heteroatoms. The fraction of sp³-hybridized carbons (Fsp3) is 0.600. The van der Waals surface area contributed by atoms with Crippen molar-refractivity contribution in [1.82, 2.24) is 9.78 Å². The van der Waals surface area contributed by atoms with E-state index >= 15 is 0 Å². The molecule has 0 saturated carbocycles. The fourth-order valence-electron chi connectivity index (χ4n) is 1.61. The number of hydrogen-bond acceptors (Lipinski definition) is 5. The molecule has 0 bridgehead atoms. The van der Waals surface area contributed by atoms with Gasteiger partial charge in [-0.3, -0.25) is 4.79 Å². The molecular weight excluding hydrogens is 335 g/mol. The molecule has 21 heavy (non-hydrogen) atoms. The van der Waals surface area contributed by atoms with Crippen molar-refractivity contribution in [2.75, 3.05) is 17.3 Å². The van der Waals surface area contributed by atoms with E-state index in [9.17, 15) is 26.4 Å². The number of anilines is 1. The van der Waals surface area contributed by atoms with Crippen LogP contribution in [0.15, 0.2) is 11.0 Å². The van der Waals surface area contributed by atoms with Gasteiger partial charge in [-0.05, 0) is 6.92 Å². The van der Waals surface area contributed by atoms with Crippen LogP contribution in [0.2, 0.25) is 5.02 Å². The number of nitrogens with zero attached hydrogens (tertiary/aromatic N) is 2. The first kappa shape index (κ1) is 17.8. The average molecular weight is 348 g/mol. The Morgan fingerprint density at radius 2 is 2.05 bits per heavy atom. The van der Waals surface area contributed by atoms with Crippen LogP contribution in [-0.2, 0) is 16.4 Å². The first-order valence-electron chi connectivity index (χ1n) is 5.65. The molecule has 1 unspecified atom stereocenters. The molecular formula is C10H13ClF3N3O3S. The predicted octanol–water partition coefficient (Wildman–Crippen LogP) is 1.30. The monoisotopic (exact) mass is 347 g/mol. The topological polar surface area (TPSA) is 81.1 Å². The van der Waals surface area contributed by atoms with Crippen LogP contribution in [0.5, 0.6) is 0 Å². The van der Waals surface area contributed by atoms with Gasteiger partial charge < -0.3 is 5.32 Å². The summed E-state index contributed by atoms with van der Waals surface area (Å²) in [5.74, 6) is -0.227. The van der Waals surface area contributed by atoms with E-state index in [1.54, 1.807) is 0 Å². The molecule has 0 amide bonds. The third-order valence-electron chi connectivity index (χ3n) is 2.27. The molecule has 0 aliphatic heterocycles. The van der Waals surface area contributed by atoms with Gasteiger partial charge in [0.25, 0.3) is 5.56 Å². The van der Waals surface area contributed by atoms with Gasteiger partial charge >= 0.3 is 6.18 Å². The van der Waals surface area contributed by atoms with Crippen molar-refractivity contribution in [1.29, 1.82) is 0 Å². The first-order chi connectivity index (χ1) is 9.39. The summed E-state index contributed by atoms with van der Waals surface area (Å²) in [5, 5.41) is 5.51. The Bertz CT molecular complexity index is 672. The third kappa shape index (κ3) is 5.92. The second-order valence-corrected chi connectivity index (χ2v) is 7.15. The Kier molecular flexibility index (Phi) is 5.26. The lowest BCUT2D eigenvalue weighted by atomic mass is 10.3. The molecule has 0 radical (unpaired) electrons. The molecule has 1 rings (SSSR count). The van der Waals surface area contributed by atoms with Crippen LogP contribution >= 0.6 is 11.6 Å². The molecule has 6 nitrogen and oxygen atoms in total. The van der Waals surface area contributed by atoms with Crippen LogP contribution < -0.4 is 10.9 Å². The van der Waals surface area contributed by atoms with E-state index in [1.165, 1.54) is 6.92 Å². The zero-order valence-corrected chi connectivity index (χ0v) is 12.7. The highest BCUT2D eigenvalue weighted by Crippen LogP contribution is 2.19. The highest BCUT2D eigenvalue weighted by molar-refractivity contribution is 7.90. The van der Waals surface area contributed by atoms with Gasteiger partial charge in [0.15, 0.2) is 0 Å². The summed E-state index contributed by atoms with van der Waals surface area (Å²) in [5.41, 5.74) is -1.12. The maximum Gasteiger partial charge on any atom is 0.408 e. The summed E-state index contributed by atoms with van der Waals surface area (Å²) < 4.78 is 59.1. The lowest BCUT2D eigenvalue weighted by Crippen LogP contribution is -2.32. The second kappa shape index (κ2) is 6.22. The van der Waals surface area contributed by atoms with Gasteiger partial charge in [0.2, 0.25) is 0 Å². The van der Waals surface area contributed by atoms with Gasteiger partial charge in [-0.1, -0.05) is 11.6 Å². The number of aromatic nitrogens is 2. The maximum atomic E-state index is 12.2. The summed E-state index contributed by atoms with van der Waals surface area (Å²) in [6, 6.07) is -0.586. The van der Waals surface area contributed by atoms with Gasteiger partial charge in [0.1, 0.15) is 21.4 Å². The summed E-state index contributed by atoms with van der Waals surface area (Å²) in [6.45, 7) is -0.0245. The molecule has 0 aliphatic carbocycles. The largest absolute Gasteiger partial charge is 0.408 e. The summed E-state index contributed by atoms with van der Waals surface area (Å²) in [6.07, 6.45) is -2.61. The number of nitrogens with one attached hydrogen (secondary N) is 1. The normalized spacial score (nSPS) is 14.0. The van der Waals surface area contributed by atoms with Crippen LogP contribution in [0.4, 0.5) is 18.9 Å². The average Bonchev–Trinajstić information content (AvgIpc) is 2.25. The van der Waals surface area contributed by atoms with Gasteiger partial charge in [0.05, 0.1) is 17.6 Å². The molecule has 1 aromatic heterocycles. The van der Waals surface area contributed by atoms with Gasteiger partial charge in [-0.25, -0.2) is 13.1 Å². The highest BCUT2D eigenvalue weighted by atomic mass is 35.5. The molecule has 0 aliphatic rings. The molecule has 1 N–H and O–H groups in total. The van der Waals surface area contributed by atoms with Crippen LogP contribution in [0, 0.1) is 0 Å². The minimum atomic E-state index is -4.60. The Labute approximate surface area is 123 Å².